The molecule has 2 N–H and O–H groups in total. The zero-order valence-electron chi connectivity index (χ0n) is 13.1. The van der Waals surface area contributed by atoms with E-state index in [1.165, 1.54) is 12.1 Å². The van der Waals surface area contributed by atoms with E-state index in [0.717, 1.165) is 0 Å². The predicted molar refractivity (Wildman–Crippen MR) is 86.4 cm³/mol. The molecule has 2 rings (SSSR count). The molecule has 1 aromatic heterocycles. The molecule has 0 spiro atoms. The lowest BCUT2D eigenvalue weighted by Crippen LogP contribution is -2.36. The number of nitrogens with zero attached hydrogens (tertiary/aromatic N) is 2. The standard InChI is InChI=1S/C15H20N4O3S/c1-12(18-15(20)14-10-19(2)11-16-14)8-9-17-23(21,22)13-6-4-3-5-7-13/h3-7,10-12,17H,8-9H2,1-2H3,(H,18,20). The van der Waals surface area contributed by atoms with E-state index in [1.807, 2.05) is 6.92 Å². The van der Waals surface area contributed by atoms with Gasteiger partial charge in [0.2, 0.25) is 10.0 Å². The van der Waals surface area contributed by atoms with E-state index in [2.05, 4.69) is 15.0 Å². The van der Waals surface area contributed by atoms with E-state index in [-0.39, 0.29) is 23.4 Å². The van der Waals surface area contributed by atoms with Crippen molar-refractivity contribution in [3.63, 3.8) is 0 Å². The summed E-state index contributed by atoms with van der Waals surface area (Å²) in [7, 11) is -1.73. The second kappa shape index (κ2) is 7.38. The summed E-state index contributed by atoms with van der Waals surface area (Å²) in [6.07, 6.45) is 3.65. The van der Waals surface area contributed by atoms with E-state index < -0.39 is 10.0 Å². The maximum absolute atomic E-state index is 12.0. The first-order valence-corrected chi connectivity index (χ1v) is 8.70. The number of nitrogens with one attached hydrogen (secondary N) is 2. The first-order valence-electron chi connectivity index (χ1n) is 7.22. The number of amides is 1. The molecule has 0 aliphatic rings. The molecule has 0 aliphatic carbocycles. The van der Waals surface area contributed by atoms with E-state index in [9.17, 15) is 13.2 Å². The number of hydrogen-bond donors (Lipinski definition) is 2. The molecule has 0 radical (unpaired) electrons. The highest BCUT2D eigenvalue weighted by atomic mass is 32.2. The molecule has 1 amide bonds. The van der Waals surface area contributed by atoms with Gasteiger partial charge in [-0.25, -0.2) is 18.1 Å². The third-order valence-corrected chi connectivity index (χ3v) is 4.71. The predicted octanol–water partition coefficient (Wildman–Crippen LogP) is 0.907. The summed E-state index contributed by atoms with van der Waals surface area (Å²) < 4.78 is 28.3. The number of hydrogen-bond acceptors (Lipinski definition) is 4. The fourth-order valence-corrected chi connectivity index (χ4v) is 3.06. The second-order valence-electron chi connectivity index (χ2n) is 5.30. The number of aryl methyl sites for hydroxylation is 1. The van der Waals surface area contributed by atoms with Crippen molar-refractivity contribution in [2.75, 3.05) is 6.54 Å². The van der Waals surface area contributed by atoms with Crippen molar-refractivity contribution in [1.82, 2.24) is 19.6 Å². The van der Waals surface area contributed by atoms with Gasteiger partial charge in [0.25, 0.3) is 5.91 Å². The Morgan fingerprint density at radius 3 is 2.61 bits per heavy atom. The van der Waals surface area contributed by atoms with Crippen LogP contribution in [0.25, 0.3) is 0 Å². The van der Waals surface area contributed by atoms with Crippen LogP contribution < -0.4 is 10.0 Å². The molecular weight excluding hydrogens is 316 g/mol. The Labute approximate surface area is 135 Å². The van der Waals surface area contributed by atoms with Crippen LogP contribution in [0.2, 0.25) is 0 Å². The van der Waals surface area contributed by atoms with Crippen LogP contribution in [0.5, 0.6) is 0 Å². The largest absolute Gasteiger partial charge is 0.348 e. The molecular formula is C15H20N4O3S. The van der Waals surface area contributed by atoms with Crippen molar-refractivity contribution < 1.29 is 13.2 Å². The number of rotatable bonds is 7. The average molecular weight is 336 g/mol. The first kappa shape index (κ1) is 17.2. The normalized spacial score (nSPS) is 12.8. The fourth-order valence-electron chi connectivity index (χ4n) is 1.99. The Morgan fingerprint density at radius 1 is 1.30 bits per heavy atom. The lowest BCUT2D eigenvalue weighted by Gasteiger charge is -2.13. The van der Waals surface area contributed by atoms with Gasteiger partial charge in [-0.2, -0.15) is 0 Å². The minimum absolute atomic E-state index is 0.178. The van der Waals surface area contributed by atoms with Gasteiger partial charge in [-0.3, -0.25) is 4.79 Å². The Hall–Kier alpha value is -2.19. The van der Waals surface area contributed by atoms with Gasteiger partial charge in [-0.1, -0.05) is 18.2 Å². The molecule has 7 nitrogen and oxygen atoms in total. The van der Waals surface area contributed by atoms with Gasteiger partial charge in [-0.05, 0) is 25.5 Å². The Kier molecular flexibility index (Phi) is 5.51. The summed E-state index contributed by atoms with van der Waals surface area (Å²) in [5.41, 5.74) is 0.337. The number of sulfonamides is 1. The molecule has 0 aliphatic heterocycles. The van der Waals surface area contributed by atoms with Crippen LogP contribution in [0.15, 0.2) is 47.8 Å². The summed E-state index contributed by atoms with van der Waals surface area (Å²) >= 11 is 0. The summed E-state index contributed by atoms with van der Waals surface area (Å²) in [4.78, 5) is 16.1. The van der Waals surface area contributed by atoms with Crippen LogP contribution in [0.4, 0.5) is 0 Å². The van der Waals surface area contributed by atoms with Gasteiger partial charge in [-0.15, -0.1) is 0 Å². The molecule has 1 atom stereocenters. The summed E-state index contributed by atoms with van der Waals surface area (Å²) in [6, 6.07) is 7.99. The van der Waals surface area contributed by atoms with Crippen LogP contribution >= 0.6 is 0 Å². The molecule has 0 fully saturated rings. The molecule has 1 heterocycles. The molecule has 8 heteroatoms. The van der Waals surface area contributed by atoms with Crippen LogP contribution in [0.3, 0.4) is 0 Å². The number of benzene rings is 1. The summed E-state index contributed by atoms with van der Waals surface area (Å²) in [5.74, 6) is -0.274. The third kappa shape index (κ3) is 4.90. The van der Waals surface area contributed by atoms with Crippen molar-refractivity contribution >= 4 is 15.9 Å². The summed E-state index contributed by atoms with van der Waals surface area (Å²) in [6.45, 7) is 2.05. The minimum atomic E-state index is -3.51. The van der Waals surface area contributed by atoms with Gasteiger partial charge in [0, 0.05) is 25.8 Å². The molecule has 1 aromatic carbocycles. The van der Waals surface area contributed by atoms with Gasteiger partial charge >= 0.3 is 0 Å². The first-order chi connectivity index (χ1) is 10.9. The van der Waals surface area contributed by atoms with E-state index in [1.54, 1.807) is 42.3 Å². The minimum Gasteiger partial charge on any atom is -0.348 e. The highest BCUT2D eigenvalue weighted by Gasteiger charge is 2.15. The van der Waals surface area contributed by atoms with Gasteiger partial charge in [0.15, 0.2) is 0 Å². The van der Waals surface area contributed by atoms with Crippen LogP contribution in [-0.4, -0.2) is 36.5 Å². The Morgan fingerprint density at radius 2 is 2.00 bits per heavy atom. The molecule has 0 saturated carbocycles. The van der Waals surface area contributed by atoms with Crippen molar-refractivity contribution in [2.24, 2.45) is 7.05 Å². The maximum Gasteiger partial charge on any atom is 0.271 e. The fraction of sp³-hybridized carbons (Fsp3) is 0.333. The lowest BCUT2D eigenvalue weighted by atomic mass is 10.2. The quantitative estimate of drug-likeness (QED) is 0.786. The van der Waals surface area contributed by atoms with Crippen LogP contribution in [0.1, 0.15) is 23.8 Å². The monoisotopic (exact) mass is 336 g/mol. The van der Waals surface area contributed by atoms with Crippen molar-refractivity contribution in [1.29, 1.82) is 0 Å². The summed E-state index contributed by atoms with van der Waals surface area (Å²) in [5, 5.41) is 2.79. The topological polar surface area (TPSA) is 93.1 Å². The van der Waals surface area contributed by atoms with Crippen LogP contribution in [0, 0.1) is 0 Å². The van der Waals surface area contributed by atoms with Gasteiger partial charge < -0.3 is 9.88 Å². The number of carbonyl (C=O) groups excluding carboxylic acids is 1. The molecule has 0 saturated heterocycles. The number of carbonyl (C=O) groups is 1. The van der Waals surface area contributed by atoms with Crippen LogP contribution in [-0.2, 0) is 17.1 Å². The molecule has 124 valence electrons. The zero-order chi connectivity index (χ0) is 16.9. The second-order valence-corrected chi connectivity index (χ2v) is 7.07. The number of aromatic nitrogens is 2. The molecule has 23 heavy (non-hydrogen) atoms. The third-order valence-electron chi connectivity index (χ3n) is 3.24. The Bertz CT molecular complexity index is 756. The molecule has 2 aromatic rings. The average Bonchev–Trinajstić information content (AvgIpc) is 2.94. The molecule has 1 unspecified atom stereocenters. The zero-order valence-corrected chi connectivity index (χ0v) is 13.9. The SMILES string of the molecule is CC(CCNS(=O)(=O)c1ccccc1)NC(=O)c1cn(C)cn1. The van der Waals surface area contributed by atoms with Crippen molar-refractivity contribution in [3.8, 4) is 0 Å². The lowest BCUT2D eigenvalue weighted by molar-refractivity contribution is 0.0934. The molecule has 0 bridgehead atoms. The maximum atomic E-state index is 12.0. The van der Waals surface area contributed by atoms with Crippen molar-refractivity contribution in [2.45, 2.75) is 24.3 Å². The van der Waals surface area contributed by atoms with Gasteiger partial charge in [0.05, 0.1) is 11.2 Å². The van der Waals surface area contributed by atoms with E-state index in [4.69, 9.17) is 0 Å². The highest BCUT2D eigenvalue weighted by molar-refractivity contribution is 7.89. The van der Waals surface area contributed by atoms with E-state index >= 15 is 0 Å². The Balaban J connectivity index is 1.81. The highest BCUT2D eigenvalue weighted by Crippen LogP contribution is 2.07. The smallest absolute Gasteiger partial charge is 0.271 e. The van der Waals surface area contributed by atoms with E-state index in [0.29, 0.717) is 12.1 Å². The van der Waals surface area contributed by atoms with Crippen molar-refractivity contribution in [3.05, 3.63) is 48.5 Å². The van der Waals surface area contributed by atoms with Gasteiger partial charge in [0.1, 0.15) is 5.69 Å². The number of imidazole rings is 1.